The van der Waals surface area contributed by atoms with Gasteiger partial charge in [0.05, 0.1) is 0 Å². The van der Waals surface area contributed by atoms with Crippen molar-refractivity contribution >= 4 is 0 Å². The maximum atomic E-state index is 5.76. The molecule has 0 amide bonds. The molecule has 1 aromatic carbocycles. The molecular formula is C15H26N2. The fourth-order valence-electron chi connectivity index (χ4n) is 2.09. The minimum atomic E-state index is 0.204. The molecule has 0 aromatic heterocycles. The fourth-order valence-corrected chi connectivity index (χ4v) is 2.09. The van der Waals surface area contributed by atoms with E-state index >= 15 is 0 Å². The molecule has 0 aliphatic rings. The quantitative estimate of drug-likeness (QED) is 0.819. The van der Waals surface area contributed by atoms with Crippen molar-refractivity contribution in [1.82, 2.24) is 4.90 Å². The van der Waals surface area contributed by atoms with Gasteiger partial charge >= 0.3 is 0 Å². The van der Waals surface area contributed by atoms with Crippen LogP contribution in [0.3, 0.4) is 0 Å². The summed E-state index contributed by atoms with van der Waals surface area (Å²) in [5, 5.41) is 0. The van der Waals surface area contributed by atoms with Gasteiger partial charge in [0.1, 0.15) is 0 Å². The molecule has 0 heterocycles. The van der Waals surface area contributed by atoms with Crippen LogP contribution in [0.4, 0.5) is 0 Å². The summed E-state index contributed by atoms with van der Waals surface area (Å²) < 4.78 is 0. The van der Waals surface area contributed by atoms with E-state index in [0.717, 1.165) is 19.4 Å². The Hall–Kier alpha value is -0.860. The highest BCUT2D eigenvalue weighted by atomic mass is 15.2. The predicted octanol–water partition coefficient (Wildman–Crippen LogP) is 3.20. The summed E-state index contributed by atoms with van der Waals surface area (Å²) in [7, 11) is 2.21. The summed E-state index contributed by atoms with van der Waals surface area (Å²) in [6, 6.07) is 11.1. The van der Waals surface area contributed by atoms with Crippen LogP contribution in [0.25, 0.3) is 0 Å². The van der Waals surface area contributed by atoms with Gasteiger partial charge in [-0.3, -0.25) is 4.90 Å². The SMILES string of the molecule is CCC(C)(C)N(C)C(CCN)c1ccccc1. The van der Waals surface area contributed by atoms with Crippen molar-refractivity contribution in [2.75, 3.05) is 13.6 Å². The van der Waals surface area contributed by atoms with Crippen LogP contribution in [0.5, 0.6) is 0 Å². The van der Waals surface area contributed by atoms with Gasteiger partial charge in [0, 0.05) is 11.6 Å². The molecule has 2 nitrogen and oxygen atoms in total. The third kappa shape index (κ3) is 3.55. The van der Waals surface area contributed by atoms with Crippen LogP contribution in [-0.2, 0) is 0 Å². The molecule has 0 aliphatic carbocycles. The molecule has 0 fully saturated rings. The standard InChI is InChI=1S/C15H26N2/c1-5-15(2,3)17(4)14(11-12-16)13-9-7-6-8-10-13/h6-10,14H,5,11-12,16H2,1-4H3. The highest BCUT2D eigenvalue weighted by molar-refractivity contribution is 5.19. The molecule has 17 heavy (non-hydrogen) atoms. The number of benzene rings is 1. The lowest BCUT2D eigenvalue weighted by Gasteiger charge is -2.41. The predicted molar refractivity (Wildman–Crippen MR) is 75.0 cm³/mol. The maximum Gasteiger partial charge on any atom is 0.0362 e. The number of hydrogen-bond acceptors (Lipinski definition) is 2. The van der Waals surface area contributed by atoms with E-state index in [0.29, 0.717) is 6.04 Å². The zero-order chi connectivity index (χ0) is 12.9. The van der Waals surface area contributed by atoms with Crippen LogP contribution >= 0.6 is 0 Å². The van der Waals surface area contributed by atoms with E-state index in [1.165, 1.54) is 5.56 Å². The molecule has 96 valence electrons. The topological polar surface area (TPSA) is 29.3 Å². The molecule has 1 unspecified atom stereocenters. The van der Waals surface area contributed by atoms with Crippen LogP contribution in [0.2, 0.25) is 0 Å². The summed E-state index contributed by atoms with van der Waals surface area (Å²) >= 11 is 0. The zero-order valence-electron chi connectivity index (χ0n) is 11.6. The number of hydrogen-bond donors (Lipinski definition) is 1. The van der Waals surface area contributed by atoms with Crippen molar-refractivity contribution in [3.05, 3.63) is 35.9 Å². The van der Waals surface area contributed by atoms with E-state index in [2.05, 4.69) is 63.1 Å². The van der Waals surface area contributed by atoms with Crippen LogP contribution in [-0.4, -0.2) is 24.0 Å². The molecule has 0 aliphatic heterocycles. The van der Waals surface area contributed by atoms with Gasteiger partial charge in [-0.25, -0.2) is 0 Å². The molecule has 0 spiro atoms. The molecule has 0 saturated carbocycles. The van der Waals surface area contributed by atoms with Crippen LogP contribution in [0.15, 0.2) is 30.3 Å². The monoisotopic (exact) mass is 234 g/mol. The fraction of sp³-hybridized carbons (Fsp3) is 0.600. The maximum absolute atomic E-state index is 5.76. The van der Waals surface area contributed by atoms with Gasteiger partial charge in [-0.15, -0.1) is 0 Å². The highest BCUT2D eigenvalue weighted by Crippen LogP contribution is 2.30. The largest absolute Gasteiger partial charge is 0.330 e. The Morgan fingerprint density at radius 2 is 1.82 bits per heavy atom. The molecule has 0 radical (unpaired) electrons. The average molecular weight is 234 g/mol. The normalized spacial score (nSPS) is 14.0. The van der Waals surface area contributed by atoms with Crippen molar-refractivity contribution < 1.29 is 0 Å². The van der Waals surface area contributed by atoms with Crippen LogP contribution < -0.4 is 5.73 Å². The van der Waals surface area contributed by atoms with Crippen molar-refractivity contribution in [2.45, 2.75) is 45.2 Å². The van der Waals surface area contributed by atoms with Gasteiger partial charge in [-0.1, -0.05) is 37.3 Å². The van der Waals surface area contributed by atoms with Crippen molar-refractivity contribution in [3.8, 4) is 0 Å². The third-order valence-electron chi connectivity index (χ3n) is 3.91. The number of rotatable bonds is 6. The Morgan fingerprint density at radius 1 is 1.24 bits per heavy atom. The minimum absolute atomic E-state index is 0.204. The molecule has 2 heteroatoms. The Morgan fingerprint density at radius 3 is 2.29 bits per heavy atom. The van der Waals surface area contributed by atoms with Gasteiger partial charge in [0.2, 0.25) is 0 Å². The summed E-state index contributed by atoms with van der Waals surface area (Å²) in [5.41, 5.74) is 7.33. The second kappa shape index (κ2) is 6.18. The molecule has 0 saturated heterocycles. The van der Waals surface area contributed by atoms with Gasteiger partial charge in [-0.05, 0) is 45.8 Å². The third-order valence-corrected chi connectivity index (χ3v) is 3.91. The van der Waals surface area contributed by atoms with E-state index in [-0.39, 0.29) is 5.54 Å². The molecule has 1 atom stereocenters. The van der Waals surface area contributed by atoms with Crippen molar-refractivity contribution in [2.24, 2.45) is 5.73 Å². The highest BCUT2D eigenvalue weighted by Gasteiger charge is 2.28. The lowest BCUT2D eigenvalue weighted by molar-refractivity contribution is 0.0927. The average Bonchev–Trinajstić information content (AvgIpc) is 2.36. The first-order valence-corrected chi connectivity index (χ1v) is 6.51. The number of nitrogens with zero attached hydrogens (tertiary/aromatic N) is 1. The Balaban J connectivity index is 2.94. The van der Waals surface area contributed by atoms with E-state index < -0.39 is 0 Å². The summed E-state index contributed by atoms with van der Waals surface area (Å²) in [6.07, 6.45) is 2.14. The van der Waals surface area contributed by atoms with E-state index in [1.807, 2.05) is 0 Å². The van der Waals surface area contributed by atoms with E-state index in [9.17, 15) is 0 Å². The summed E-state index contributed by atoms with van der Waals surface area (Å²) in [6.45, 7) is 7.55. The summed E-state index contributed by atoms with van der Waals surface area (Å²) in [5.74, 6) is 0. The van der Waals surface area contributed by atoms with Crippen LogP contribution in [0.1, 0.15) is 45.2 Å². The Labute approximate surface area is 106 Å². The minimum Gasteiger partial charge on any atom is -0.330 e. The molecule has 2 N–H and O–H groups in total. The molecule has 0 bridgehead atoms. The first-order valence-electron chi connectivity index (χ1n) is 6.51. The molecule has 1 rings (SSSR count). The van der Waals surface area contributed by atoms with Gasteiger partial charge in [-0.2, -0.15) is 0 Å². The van der Waals surface area contributed by atoms with Gasteiger partial charge < -0.3 is 5.73 Å². The van der Waals surface area contributed by atoms with E-state index in [1.54, 1.807) is 0 Å². The van der Waals surface area contributed by atoms with Gasteiger partial charge in [0.15, 0.2) is 0 Å². The van der Waals surface area contributed by atoms with Crippen LogP contribution in [0, 0.1) is 0 Å². The second-order valence-corrected chi connectivity index (χ2v) is 5.28. The van der Waals surface area contributed by atoms with Crippen molar-refractivity contribution in [3.63, 3.8) is 0 Å². The molecular weight excluding hydrogens is 208 g/mol. The second-order valence-electron chi connectivity index (χ2n) is 5.28. The summed E-state index contributed by atoms with van der Waals surface area (Å²) in [4.78, 5) is 2.45. The lowest BCUT2D eigenvalue weighted by Crippen LogP contribution is -2.43. The lowest BCUT2D eigenvalue weighted by atomic mass is 9.93. The van der Waals surface area contributed by atoms with Crippen molar-refractivity contribution in [1.29, 1.82) is 0 Å². The van der Waals surface area contributed by atoms with Gasteiger partial charge in [0.25, 0.3) is 0 Å². The molecule has 1 aromatic rings. The first-order chi connectivity index (χ1) is 8.03. The number of nitrogens with two attached hydrogens (primary N) is 1. The Bertz CT molecular complexity index is 319. The zero-order valence-corrected chi connectivity index (χ0v) is 11.6. The first kappa shape index (κ1) is 14.2. The van der Waals surface area contributed by atoms with E-state index in [4.69, 9.17) is 5.73 Å². The smallest absolute Gasteiger partial charge is 0.0362 e. The Kier molecular flexibility index (Phi) is 5.16.